The third-order valence-corrected chi connectivity index (χ3v) is 4.58. The van der Waals surface area contributed by atoms with Crippen LogP contribution in [0.5, 0.6) is 0 Å². The fourth-order valence-corrected chi connectivity index (χ4v) is 3.16. The van der Waals surface area contributed by atoms with Crippen LogP contribution in [0.4, 0.5) is 0 Å². The topological polar surface area (TPSA) is 69.9 Å². The van der Waals surface area contributed by atoms with Crippen molar-refractivity contribution in [1.82, 2.24) is 20.2 Å². The third-order valence-electron chi connectivity index (χ3n) is 4.58. The van der Waals surface area contributed by atoms with Gasteiger partial charge in [0, 0.05) is 12.5 Å². The van der Waals surface area contributed by atoms with Crippen molar-refractivity contribution >= 4 is 5.97 Å². The van der Waals surface area contributed by atoms with E-state index in [0.717, 1.165) is 27.8 Å². The van der Waals surface area contributed by atoms with Crippen molar-refractivity contribution in [3.05, 3.63) is 90.0 Å². The summed E-state index contributed by atoms with van der Waals surface area (Å²) in [5.74, 6) is 0.429. The molecule has 6 nitrogen and oxygen atoms in total. The summed E-state index contributed by atoms with van der Waals surface area (Å²) in [5.41, 5.74) is 5.11. The molecule has 29 heavy (non-hydrogen) atoms. The number of rotatable bonds is 6. The van der Waals surface area contributed by atoms with E-state index in [9.17, 15) is 4.79 Å². The average molecular weight is 384 g/mol. The molecular formula is C23H20N4O2. The van der Waals surface area contributed by atoms with E-state index >= 15 is 0 Å². The molecule has 0 unspecified atom stereocenters. The number of aromatic nitrogens is 4. The van der Waals surface area contributed by atoms with E-state index in [2.05, 4.69) is 33.7 Å². The van der Waals surface area contributed by atoms with Crippen molar-refractivity contribution in [2.75, 3.05) is 0 Å². The lowest BCUT2D eigenvalue weighted by Crippen LogP contribution is -2.05. The summed E-state index contributed by atoms with van der Waals surface area (Å²) >= 11 is 0. The lowest BCUT2D eigenvalue weighted by atomic mass is 9.98. The molecule has 0 radical (unpaired) electrons. The standard InChI is InChI=1S/C23H20N4O2/c1-17(28)29-16-19-11-13-20(14-12-19)21-9-5-6-10-22(21)23-24-25-26-27(23)15-18-7-3-2-4-8-18/h2-14H,15-16H2,1H3. The molecule has 0 saturated heterocycles. The minimum atomic E-state index is -0.287. The van der Waals surface area contributed by atoms with Crippen molar-refractivity contribution in [1.29, 1.82) is 0 Å². The first-order valence-corrected chi connectivity index (χ1v) is 9.33. The molecule has 1 heterocycles. The Morgan fingerprint density at radius 1 is 0.862 bits per heavy atom. The Hall–Kier alpha value is -3.80. The zero-order chi connectivity index (χ0) is 20.1. The van der Waals surface area contributed by atoms with Crippen LogP contribution in [0.1, 0.15) is 18.1 Å². The molecule has 6 heteroatoms. The van der Waals surface area contributed by atoms with Gasteiger partial charge in [0.05, 0.1) is 6.54 Å². The fourth-order valence-electron chi connectivity index (χ4n) is 3.16. The van der Waals surface area contributed by atoms with Gasteiger partial charge < -0.3 is 4.74 Å². The zero-order valence-electron chi connectivity index (χ0n) is 16.0. The predicted octanol–water partition coefficient (Wildman–Crippen LogP) is 4.12. The number of esters is 1. The number of hydrogen-bond donors (Lipinski definition) is 0. The summed E-state index contributed by atoms with van der Waals surface area (Å²) in [5, 5.41) is 12.4. The lowest BCUT2D eigenvalue weighted by Gasteiger charge is -2.11. The van der Waals surface area contributed by atoms with Crippen LogP contribution in [-0.4, -0.2) is 26.2 Å². The molecule has 0 aliphatic rings. The average Bonchev–Trinajstić information content (AvgIpc) is 3.21. The van der Waals surface area contributed by atoms with Crippen LogP contribution >= 0.6 is 0 Å². The van der Waals surface area contributed by atoms with Crippen LogP contribution in [0.15, 0.2) is 78.9 Å². The molecular weight excluding hydrogens is 364 g/mol. The largest absolute Gasteiger partial charge is 0.461 e. The normalized spacial score (nSPS) is 10.7. The first kappa shape index (κ1) is 18.6. The van der Waals surface area contributed by atoms with Gasteiger partial charge in [-0.25, -0.2) is 4.68 Å². The van der Waals surface area contributed by atoms with Crippen LogP contribution in [0.25, 0.3) is 22.5 Å². The molecule has 4 aromatic rings. The second-order valence-electron chi connectivity index (χ2n) is 6.67. The summed E-state index contributed by atoms with van der Waals surface area (Å²) in [6, 6.07) is 26.1. The molecule has 1 aromatic heterocycles. The quantitative estimate of drug-likeness (QED) is 0.468. The zero-order valence-corrected chi connectivity index (χ0v) is 16.0. The highest BCUT2D eigenvalue weighted by molar-refractivity contribution is 5.80. The number of ether oxygens (including phenoxy) is 1. The smallest absolute Gasteiger partial charge is 0.302 e. The van der Waals surface area contributed by atoms with Crippen molar-refractivity contribution in [3.8, 4) is 22.5 Å². The summed E-state index contributed by atoms with van der Waals surface area (Å²) in [7, 11) is 0. The Morgan fingerprint density at radius 3 is 2.28 bits per heavy atom. The molecule has 0 bridgehead atoms. The number of nitrogens with zero attached hydrogens (tertiary/aromatic N) is 4. The van der Waals surface area contributed by atoms with Crippen molar-refractivity contribution in [2.45, 2.75) is 20.1 Å². The van der Waals surface area contributed by atoms with E-state index in [0.29, 0.717) is 12.4 Å². The van der Waals surface area contributed by atoms with Gasteiger partial charge in [-0.3, -0.25) is 4.79 Å². The first-order valence-electron chi connectivity index (χ1n) is 9.33. The van der Waals surface area contributed by atoms with Gasteiger partial charge in [0.15, 0.2) is 5.82 Å². The van der Waals surface area contributed by atoms with Crippen LogP contribution in [-0.2, 0) is 22.7 Å². The van der Waals surface area contributed by atoms with Gasteiger partial charge in [-0.15, -0.1) is 5.10 Å². The second-order valence-corrected chi connectivity index (χ2v) is 6.67. The van der Waals surface area contributed by atoms with Gasteiger partial charge in [-0.05, 0) is 32.7 Å². The molecule has 0 spiro atoms. The summed E-state index contributed by atoms with van der Waals surface area (Å²) in [4.78, 5) is 11.0. The number of benzene rings is 3. The van der Waals surface area contributed by atoms with Gasteiger partial charge in [0.2, 0.25) is 0 Å². The Morgan fingerprint density at radius 2 is 1.55 bits per heavy atom. The first-order chi connectivity index (χ1) is 14.2. The van der Waals surface area contributed by atoms with Crippen LogP contribution < -0.4 is 0 Å². The summed E-state index contributed by atoms with van der Waals surface area (Å²) in [6.45, 7) is 2.27. The van der Waals surface area contributed by atoms with Gasteiger partial charge in [-0.1, -0.05) is 78.9 Å². The highest BCUT2D eigenvalue weighted by Gasteiger charge is 2.14. The predicted molar refractivity (Wildman–Crippen MR) is 110 cm³/mol. The molecule has 144 valence electrons. The van der Waals surface area contributed by atoms with E-state index in [1.165, 1.54) is 6.92 Å². The number of hydrogen-bond acceptors (Lipinski definition) is 5. The number of carbonyl (C=O) groups is 1. The molecule has 0 aliphatic heterocycles. The van der Waals surface area contributed by atoms with Crippen LogP contribution in [0.3, 0.4) is 0 Å². The molecule has 0 fully saturated rings. The van der Waals surface area contributed by atoms with Gasteiger partial charge in [0.25, 0.3) is 0 Å². The van der Waals surface area contributed by atoms with E-state index in [1.807, 2.05) is 65.3 Å². The Bertz CT molecular complexity index is 1110. The van der Waals surface area contributed by atoms with Crippen molar-refractivity contribution in [3.63, 3.8) is 0 Å². The maximum Gasteiger partial charge on any atom is 0.302 e. The minimum absolute atomic E-state index is 0.270. The van der Waals surface area contributed by atoms with Crippen LogP contribution in [0, 0.1) is 0 Å². The highest BCUT2D eigenvalue weighted by Crippen LogP contribution is 2.31. The maximum atomic E-state index is 11.0. The fraction of sp³-hybridized carbons (Fsp3) is 0.130. The van der Waals surface area contributed by atoms with Crippen LogP contribution in [0.2, 0.25) is 0 Å². The molecule has 4 rings (SSSR count). The maximum absolute atomic E-state index is 11.0. The van der Waals surface area contributed by atoms with Gasteiger partial charge in [-0.2, -0.15) is 0 Å². The van der Waals surface area contributed by atoms with E-state index in [1.54, 1.807) is 0 Å². The number of carbonyl (C=O) groups excluding carboxylic acids is 1. The van der Waals surface area contributed by atoms with E-state index in [4.69, 9.17) is 4.74 Å². The second kappa shape index (κ2) is 8.48. The van der Waals surface area contributed by atoms with E-state index < -0.39 is 0 Å². The Balaban J connectivity index is 1.65. The highest BCUT2D eigenvalue weighted by atomic mass is 16.5. The van der Waals surface area contributed by atoms with Gasteiger partial charge >= 0.3 is 5.97 Å². The molecule has 0 N–H and O–H groups in total. The van der Waals surface area contributed by atoms with E-state index in [-0.39, 0.29) is 12.6 Å². The molecule has 3 aromatic carbocycles. The monoisotopic (exact) mass is 384 g/mol. The Labute approximate surface area is 168 Å². The van der Waals surface area contributed by atoms with Crippen molar-refractivity contribution in [2.24, 2.45) is 0 Å². The van der Waals surface area contributed by atoms with Crippen molar-refractivity contribution < 1.29 is 9.53 Å². The molecule has 0 saturated carbocycles. The van der Waals surface area contributed by atoms with Gasteiger partial charge in [0.1, 0.15) is 6.61 Å². The minimum Gasteiger partial charge on any atom is -0.461 e. The third kappa shape index (κ3) is 4.38. The summed E-state index contributed by atoms with van der Waals surface area (Å²) in [6.07, 6.45) is 0. The Kier molecular flexibility index (Phi) is 5.42. The lowest BCUT2D eigenvalue weighted by molar-refractivity contribution is -0.142. The summed E-state index contributed by atoms with van der Waals surface area (Å²) < 4.78 is 6.87. The SMILES string of the molecule is CC(=O)OCc1ccc(-c2ccccc2-c2nnnn2Cc2ccccc2)cc1. The molecule has 0 atom stereocenters. The molecule has 0 amide bonds. The number of tetrazole rings is 1. The molecule has 0 aliphatic carbocycles.